The summed E-state index contributed by atoms with van der Waals surface area (Å²) in [6.45, 7) is 0.239. The number of thiophene rings is 1. The highest BCUT2D eigenvalue weighted by atomic mass is 35.5. The molecule has 0 aliphatic carbocycles. The number of nitrogen functional groups attached to an aromatic ring is 1. The number of hydrogen-bond donors (Lipinski definition) is 2. The average Bonchev–Trinajstić information content (AvgIpc) is 3.17. The van der Waals surface area contributed by atoms with Crippen LogP contribution in [0.4, 0.5) is 5.82 Å². The van der Waals surface area contributed by atoms with E-state index in [1.807, 2.05) is 29.6 Å². The van der Waals surface area contributed by atoms with Crippen LogP contribution in [0.5, 0.6) is 11.5 Å². The van der Waals surface area contributed by atoms with Crippen molar-refractivity contribution in [3.63, 3.8) is 0 Å². The average molecular weight is 320 g/mol. The number of aromatic amines is 1. The van der Waals surface area contributed by atoms with Gasteiger partial charge in [0.05, 0.1) is 21.2 Å². The van der Waals surface area contributed by atoms with Crippen LogP contribution in [0.1, 0.15) is 0 Å². The minimum Gasteiger partial charge on any atom is -0.454 e. The summed E-state index contributed by atoms with van der Waals surface area (Å²) in [6, 6.07) is 7.54. The van der Waals surface area contributed by atoms with Crippen molar-refractivity contribution in [2.75, 3.05) is 12.5 Å². The molecular formula is C14H10ClN3O2S. The number of nitrogens with zero attached hydrogens (tertiary/aromatic N) is 1. The summed E-state index contributed by atoms with van der Waals surface area (Å²) in [5.74, 6) is 1.86. The van der Waals surface area contributed by atoms with Gasteiger partial charge in [0.1, 0.15) is 0 Å². The second-order valence-corrected chi connectivity index (χ2v) is 5.85. The van der Waals surface area contributed by atoms with Gasteiger partial charge in [0.2, 0.25) is 6.79 Å². The highest BCUT2D eigenvalue weighted by Crippen LogP contribution is 2.43. The summed E-state index contributed by atoms with van der Waals surface area (Å²) >= 11 is 7.75. The molecule has 1 aromatic carbocycles. The zero-order valence-corrected chi connectivity index (χ0v) is 12.3. The molecule has 3 N–H and O–H groups in total. The molecule has 3 aromatic rings. The number of halogens is 1. The smallest absolute Gasteiger partial charge is 0.231 e. The highest BCUT2D eigenvalue weighted by Gasteiger charge is 2.21. The molecule has 4 rings (SSSR count). The molecule has 0 radical (unpaired) electrons. The van der Waals surface area contributed by atoms with Crippen LogP contribution in [0.25, 0.3) is 21.7 Å². The van der Waals surface area contributed by atoms with E-state index in [-0.39, 0.29) is 6.79 Å². The van der Waals surface area contributed by atoms with E-state index in [0.717, 1.165) is 27.4 Å². The van der Waals surface area contributed by atoms with Crippen molar-refractivity contribution >= 4 is 28.8 Å². The SMILES string of the molecule is Nc1n[nH]c(-c2sccc2Cl)c1-c1ccc2c(c1)OCO2. The maximum absolute atomic E-state index is 6.21. The molecule has 0 spiro atoms. The van der Waals surface area contributed by atoms with Gasteiger partial charge in [0, 0.05) is 0 Å². The molecular weight excluding hydrogens is 310 g/mol. The molecule has 7 heteroatoms. The predicted molar refractivity (Wildman–Crippen MR) is 82.9 cm³/mol. The fourth-order valence-electron chi connectivity index (χ4n) is 2.34. The van der Waals surface area contributed by atoms with E-state index in [9.17, 15) is 0 Å². The van der Waals surface area contributed by atoms with E-state index in [2.05, 4.69) is 10.2 Å². The first kappa shape index (κ1) is 12.6. The lowest BCUT2D eigenvalue weighted by molar-refractivity contribution is 0.174. The van der Waals surface area contributed by atoms with Crippen LogP contribution in [0.15, 0.2) is 29.6 Å². The second-order valence-electron chi connectivity index (χ2n) is 4.52. The summed E-state index contributed by atoms with van der Waals surface area (Å²) in [6.07, 6.45) is 0. The van der Waals surface area contributed by atoms with Crippen molar-refractivity contribution in [2.45, 2.75) is 0 Å². The zero-order chi connectivity index (χ0) is 14.4. The number of anilines is 1. The molecule has 1 aliphatic heterocycles. The Hall–Kier alpha value is -2.18. The molecule has 1 aliphatic rings. The molecule has 0 saturated heterocycles. The van der Waals surface area contributed by atoms with Crippen LogP contribution in [-0.2, 0) is 0 Å². The maximum atomic E-state index is 6.21. The minimum atomic E-state index is 0.239. The lowest BCUT2D eigenvalue weighted by atomic mass is 10.0. The fraction of sp³-hybridized carbons (Fsp3) is 0.0714. The Morgan fingerprint density at radius 2 is 2.10 bits per heavy atom. The van der Waals surface area contributed by atoms with Gasteiger partial charge in [-0.2, -0.15) is 5.10 Å². The summed E-state index contributed by atoms with van der Waals surface area (Å²) in [7, 11) is 0. The van der Waals surface area contributed by atoms with Crippen LogP contribution in [0, 0.1) is 0 Å². The van der Waals surface area contributed by atoms with Crippen LogP contribution in [0.2, 0.25) is 5.02 Å². The molecule has 0 saturated carbocycles. The summed E-state index contributed by atoms with van der Waals surface area (Å²) in [5, 5.41) is 9.68. The summed E-state index contributed by atoms with van der Waals surface area (Å²) in [5.41, 5.74) is 8.56. The molecule has 2 aromatic heterocycles. The van der Waals surface area contributed by atoms with Crippen molar-refractivity contribution in [1.29, 1.82) is 0 Å². The number of ether oxygens (including phenoxy) is 2. The predicted octanol–water partition coefficient (Wildman–Crippen LogP) is 3.77. The first-order valence-electron chi connectivity index (χ1n) is 6.21. The molecule has 0 amide bonds. The zero-order valence-electron chi connectivity index (χ0n) is 10.7. The summed E-state index contributed by atoms with van der Waals surface area (Å²) in [4.78, 5) is 0.911. The largest absolute Gasteiger partial charge is 0.454 e. The topological polar surface area (TPSA) is 73.2 Å². The number of benzene rings is 1. The molecule has 0 fully saturated rings. The molecule has 21 heavy (non-hydrogen) atoms. The van der Waals surface area contributed by atoms with Crippen LogP contribution < -0.4 is 15.2 Å². The Bertz CT molecular complexity index is 827. The highest BCUT2D eigenvalue weighted by molar-refractivity contribution is 7.14. The first-order valence-corrected chi connectivity index (χ1v) is 7.47. The van der Waals surface area contributed by atoms with Crippen molar-refractivity contribution < 1.29 is 9.47 Å². The van der Waals surface area contributed by atoms with Crippen LogP contribution in [-0.4, -0.2) is 17.0 Å². The fourth-order valence-corrected chi connectivity index (χ4v) is 3.49. The molecule has 0 bridgehead atoms. The van der Waals surface area contributed by atoms with Crippen molar-refractivity contribution in [2.24, 2.45) is 0 Å². The van der Waals surface area contributed by atoms with E-state index < -0.39 is 0 Å². The third-order valence-electron chi connectivity index (χ3n) is 3.30. The third kappa shape index (κ3) is 1.95. The van der Waals surface area contributed by atoms with Gasteiger partial charge in [-0.25, -0.2) is 0 Å². The third-order valence-corrected chi connectivity index (χ3v) is 4.66. The Labute approximate surface area is 129 Å². The molecule has 5 nitrogen and oxygen atoms in total. The summed E-state index contributed by atoms with van der Waals surface area (Å²) < 4.78 is 10.7. The van der Waals surface area contributed by atoms with Gasteiger partial charge in [-0.3, -0.25) is 5.10 Å². The number of nitrogens with two attached hydrogens (primary N) is 1. The normalized spacial score (nSPS) is 12.8. The van der Waals surface area contributed by atoms with Crippen molar-refractivity contribution in [1.82, 2.24) is 10.2 Å². The van der Waals surface area contributed by atoms with E-state index in [0.29, 0.717) is 16.6 Å². The van der Waals surface area contributed by atoms with E-state index in [4.69, 9.17) is 26.8 Å². The Morgan fingerprint density at radius 3 is 2.90 bits per heavy atom. The minimum absolute atomic E-state index is 0.239. The van der Waals surface area contributed by atoms with Gasteiger partial charge < -0.3 is 15.2 Å². The number of fused-ring (bicyclic) bond motifs is 1. The van der Waals surface area contributed by atoms with Crippen molar-refractivity contribution in [3.05, 3.63) is 34.7 Å². The van der Waals surface area contributed by atoms with Crippen LogP contribution >= 0.6 is 22.9 Å². The first-order chi connectivity index (χ1) is 10.2. The molecule has 0 unspecified atom stereocenters. The van der Waals surface area contributed by atoms with E-state index in [1.165, 1.54) is 11.3 Å². The van der Waals surface area contributed by atoms with Crippen LogP contribution in [0.3, 0.4) is 0 Å². The van der Waals surface area contributed by atoms with E-state index in [1.54, 1.807) is 0 Å². The van der Waals surface area contributed by atoms with Gasteiger partial charge >= 0.3 is 0 Å². The molecule has 3 heterocycles. The lowest BCUT2D eigenvalue weighted by Gasteiger charge is -2.05. The quantitative estimate of drug-likeness (QED) is 0.754. The number of H-pyrrole nitrogens is 1. The lowest BCUT2D eigenvalue weighted by Crippen LogP contribution is -1.92. The molecule has 106 valence electrons. The number of nitrogens with one attached hydrogen (secondary N) is 1. The number of hydrogen-bond acceptors (Lipinski definition) is 5. The monoisotopic (exact) mass is 319 g/mol. The maximum Gasteiger partial charge on any atom is 0.231 e. The second kappa shape index (κ2) is 4.68. The van der Waals surface area contributed by atoms with Crippen molar-refractivity contribution in [3.8, 4) is 33.2 Å². The Kier molecular flexibility index (Phi) is 2.80. The Morgan fingerprint density at radius 1 is 1.24 bits per heavy atom. The van der Waals surface area contributed by atoms with Gasteiger partial charge in [-0.1, -0.05) is 17.7 Å². The Balaban J connectivity index is 1.89. The van der Waals surface area contributed by atoms with Gasteiger partial charge in [-0.15, -0.1) is 11.3 Å². The number of aromatic nitrogens is 2. The van der Waals surface area contributed by atoms with E-state index >= 15 is 0 Å². The van der Waals surface area contributed by atoms with Gasteiger partial charge in [0.25, 0.3) is 0 Å². The van der Waals surface area contributed by atoms with Gasteiger partial charge in [-0.05, 0) is 29.1 Å². The molecule has 0 atom stereocenters. The number of rotatable bonds is 2. The standard InChI is InChI=1S/C14H10ClN3O2S/c15-8-3-4-21-13(8)12-11(14(16)18-17-12)7-1-2-9-10(5-7)20-6-19-9/h1-5H,6H2,(H3,16,17,18). The van der Waals surface area contributed by atoms with Gasteiger partial charge in [0.15, 0.2) is 17.3 Å².